The summed E-state index contributed by atoms with van der Waals surface area (Å²) < 4.78 is 30.0. The van der Waals surface area contributed by atoms with Gasteiger partial charge in [0.15, 0.2) is 11.4 Å². The summed E-state index contributed by atoms with van der Waals surface area (Å²) in [4.78, 5) is 48.6. The maximum Gasteiger partial charge on any atom is 0.423 e. The lowest BCUT2D eigenvalue weighted by atomic mass is 9.81. The number of fused-ring (bicyclic) bond motifs is 4. The summed E-state index contributed by atoms with van der Waals surface area (Å²) in [5.74, 6) is 1.07. The van der Waals surface area contributed by atoms with Crippen LogP contribution in [-0.4, -0.2) is 75.6 Å². The highest BCUT2D eigenvalue weighted by Crippen LogP contribution is 2.43. The molecule has 0 radical (unpaired) electrons. The normalized spacial score (nSPS) is 12.1. The minimum absolute atomic E-state index is 0.0600. The van der Waals surface area contributed by atoms with Crippen molar-refractivity contribution in [3.8, 4) is 34.3 Å². The number of rotatable bonds is 11. The third kappa shape index (κ3) is 11.4. The second-order valence-corrected chi connectivity index (χ2v) is 21.1. The van der Waals surface area contributed by atoms with Crippen LogP contribution in [0.3, 0.4) is 0 Å². The molecule has 0 aliphatic carbocycles. The first-order valence-electron chi connectivity index (χ1n) is 26.7. The highest BCUT2D eigenvalue weighted by Gasteiger charge is 2.39. The summed E-state index contributed by atoms with van der Waals surface area (Å²) in [5, 5.41) is 23.2. The van der Waals surface area contributed by atoms with E-state index >= 15 is 0 Å². The number of ether oxygens (including phenoxy) is 3. The van der Waals surface area contributed by atoms with Crippen molar-refractivity contribution in [3.63, 3.8) is 0 Å². The van der Waals surface area contributed by atoms with Gasteiger partial charge in [-0.3, -0.25) is 4.79 Å². The van der Waals surface area contributed by atoms with Gasteiger partial charge in [-0.05, 0) is 143 Å². The average molecular weight is 1160 g/mol. The van der Waals surface area contributed by atoms with Crippen LogP contribution in [0.2, 0.25) is 0 Å². The van der Waals surface area contributed by atoms with Crippen LogP contribution in [0.1, 0.15) is 90.3 Å². The SMILES string of the molecule is Brc1ccc2ccccc2n1.CCOc1nc2c(C(=O)c3ccccc3)cc(-c3c(C)noc3C)cc2n1C(=O)OC(C)(C)C.CCOc1nc2c(C(O)(c3ccccc3)c3ccc4ccccc4n3)cc(-c3c(C)noc3C)cc2[nH]1. The van der Waals surface area contributed by atoms with E-state index in [1.165, 1.54) is 9.95 Å². The van der Waals surface area contributed by atoms with E-state index in [0.717, 1.165) is 48.9 Å². The number of carbonyl (C=O) groups is 2. The fourth-order valence-electron chi connectivity index (χ4n) is 9.87. The lowest BCUT2D eigenvalue weighted by molar-refractivity contribution is 0.0527. The van der Waals surface area contributed by atoms with Crippen LogP contribution >= 0.6 is 15.9 Å². The Hall–Kier alpha value is -9.32. The predicted octanol–water partition coefficient (Wildman–Crippen LogP) is 14.8. The number of aromatic amines is 1. The standard InChI is InChI=1S/C30H26N4O3.C26H27N3O5.C9H6BrN/c1-4-36-29-32-25-17-21(27-18(2)34-37-19(27)3)16-23(28(25)33-29)30(35,22-11-6-5-7-12-22)26-15-14-20-10-8-9-13-24(20)31-26;1-7-32-24-27-22-19(23(30)17-11-9-8-10-12-17)13-18(21-15(2)28-34-16(21)3)14-20(22)29(24)25(31)33-26(4,5)6;10-9-6-5-7-3-1-2-4-8(7)11-9/h5-17,35H,4H2,1-3H3,(H,32,33);8-14H,7H2,1-6H3;1-6H. The van der Waals surface area contributed by atoms with Crippen molar-refractivity contribution in [3.05, 3.63) is 213 Å². The van der Waals surface area contributed by atoms with Crippen LogP contribution < -0.4 is 9.47 Å². The molecule has 12 aromatic rings. The summed E-state index contributed by atoms with van der Waals surface area (Å²) >= 11 is 3.32. The Bertz CT molecular complexity index is 4260. The molecule has 2 N–H and O–H groups in total. The van der Waals surface area contributed by atoms with E-state index in [9.17, 15) is 14.7 Å². The third-order valence-electron chi connectivity index (χ3n) is 13.5. The van der Waals surface area contributed by atoms with Gasteiger partial charge in [0.05, 0.1) is 63.4 Å². The second kappa shape index (κ2) is 23.4. The Labute approximate surface area is 481 Å². The lowest BCUT2D eigenvalue weighted by Crippen LogP contribution is -2.30. The fourth-order valence-corrected chi connectivity index (χ4v) is 10.2. The first-order chi connectivity index (χ1) is 39.4. The average Bonchev–Trinajstić information content (AvgIpc) is 3.23. The molecule has 0 fully saturated rings. The van der Waals surface area contributed by atoms with Gasteiger partial charge in [0.2, 0.25) is 0 Å². The van der Waals surface area contributed by atoms with Crippen molar-refractivity contribution in [1.29, 1.82) is 0 Å². The monoisotopic (exact) mass is 1160 g/mol. The zero-order valence-corrected chi connectivity index (χ0v) is 48.3. The number of carbonyl (C=O) groups excluding carboxylic acids is 2. The molecule has 6 aromatic carbocycles. The number of hydrogen-bond donors (Lipinski definition) is 2. The third-order valence-corrected chi connectivity index (χ3v) is 13.9. The molecule has 17 heteroatoms. The van der Waals surface area contributed by atoms with E-state index in [2.05, 4.69) is 47.3 Å². The molecular weight excluding hydrogens is 1100 g/mol. The number of aliphatic hydroxyl groups is 1. The highest BCUT2D eigenvalue weighted by molar-refractivity contribution is 9.10. The molecule has 1 unspecified atom stereocenters. The van der Waals surface area contributed by atoms with Gasteiger partial charge in [-0.2, -0.15) is 14.5 Å². The number of para-hydroxylation sites is 2. The maximum atomic E-state index is 13.6. The molecule has 0 aliphatic rings. The number of nitrogens with one attached hydrogen (secondary N) is 1. The molecule has 1 atom stereocenters. The van der Waals surface area contributed by atoms with Crippen molar-refractivity contribution in [2.45, 2.75) is 73.5 Å². The number of H-pyrrole nitrogens is 1. The number of halogens is 1. The van der Waals surface area contributed by atoms with Gasteiger partial charge >= 0.3 is 12.1 Å². The van der Waals surface area contributed by atoms with Gasteiger partial charge in [0, 0.05) is 33.0 Å². The molecule has 16 nitrogen and oxygen atoms in total. The topological polar surface area (TPSA) is 206 Å². The number of benzene rings is 6. The van der Waals surface area contributed by atoms with Crippen molar-refractivity contribution >= 4 is 71.7 Å². The summed E-state index contributed by atoms with van der Waals surface area (Å²) in [6.07, 6.45) is -0.646. The number of aryl methyl sites for hydroxylation is 4. The van der Waals surface area contributed by atoms with Crippen molar-refractivity contribution < 1.29 is 38.0 Å². The van der Waals surface area contributed by atoms with Crippen LogP contribution in [-0.2, 0) is 10.3 Å². The maximum absolute atomic E-state index is 13.6. The van der Waals surface area contributed by atoms with E-state index in [0.29, 0.717) is 79.9 Å². The first kappa shape index (κ1) is 56.0. The van der Waals surface area contributed by atoms with Gasteiger partial charge in [0.25, 0.3) is 6.01 Å². The molecule has 12 rings (SSSR count). The largest absolute Gasteiger partial charge is 0.465 e. The molecule has 6 heterocycles. The van der Waals surface area contributed by atoms with Crippen LogP contribution in [0, 0.1) is 27.7 Å². The molecule has 0 spiro atoms. The molecule has 82 heavy (non-hydrogen) atoms. The van der Waals surface area contributed by atoms with Crippen molar-refractivity contribution in [2.75, 3.05) is 13.2 Å². The van der Waals surface area contributed by atoms with E-state index in [-0.39, 0.29) is 18.4 Å². The Morgan fingerprint density at radius 2 is 1.21 bits per heavy atom. The number of imidazole rings is 2. The molecule has 0 aliphatic heterocycles. The number of nitrogens with zero attached hydrogens (tertiary/aromatic N) is 7. The summed E-state index contributed by atoms with van der Waals surface area (Å²) in [5.41, 5.74) is 8.71. The smallest absolute Gasteiger partial charge is 0.423 e. The molecule has 6 aromatic heterocycles. The number of hydrogen-bond acceptors (Lipinski definition) is 14. The Morgan fingerprint density at radius 1 is 0.634 bits per heavy atom. The lowest BCUT2D eigenvalue weighted by Gasteiger charge is -2.30. The first-order valence-corrected chi connectivity index (χ1v) is 27.5. The van der Waals surface area contributed by atoms with Crippen LogP contribution in [0.15, 0.2) is 171 Å². The van der Waals surface area contributed by atoms with Crippen molar-refractivity contribution in [2.24, 2.45) is 0 Å². The fraction of sp³-hybridized carbons (Fsp3) is 0.200. The predicted molar refractivity (Wildman–Crippen MR) is 319 cm³/mol. The van der Waals surface area contributed by atoms with Gasteiger partial charge in [-0.25, -0.2) is 14.8 Å². The minimum atomic E-state index is -1.61. The highest BCUT2D eigenvalue weighted by atomic mass is 79.9. The van der Waals surface area contributed by atoms with E-state index in [1.807, 2.05) is 143 Å². The molecule has 0 saturated heterocycles. The Kier molecular flexibility index (Phi) is 16.0. The van der Waals surface area contributed by atoms with E-state index < -0.39 is 17.3 Å². The number of pyridine rings is 2. The Morgan fingerprint density at radius 3 is 1.80 bits per heavy atom. The van der Waals surface area contributed by atoms with Gasteiger partial charge < -0.3 is 33.3 Å². The molecule has 0 amide bonds. The second-order valence-electron chi connectivity index (χ2n) is 20.3. The number of aromatic nitrogens is 8. The van der Waals surface area contributed by atoms with E-state index in [4.69, 9.17) is 33.2 Å². The van der Waals surface area contributed by atoms with Gasteiger partial charge in [-0.1, -0.05) is 120 Å². The van der Waals surface area contributed by atoms with Crippen LogP contribution in [0.25, 0.3) is 66.1 Å². The Balaban J connectivity index is 0.000000155. The summed E-state index contributed by atoms with van der Waals surface area (Å²) in [6.45, 7) is 17.2. The zero-order chi connectivity index (χ0) is 57.9. The molecule has 0 bridgehead atoms. The van der Waals surface area contributed by atoms with Crippen molar-refractivity contribution in [1.82, 2.24) is 39.8 Å². The summed E-state index contributed by atoms with van der Waals surface area (Å²) in [6, 6.07) is 50.2. The van der Waals surface area contributed by atoms with Crippen LogP contribution in [0.4, 0.5) is 4.79 Å². The molecular formula is C65H59BrN8O8. The van der Waals surface area contributed by atoms with Gasteiger partial charge in [0.1, 0.15) is 27.2 Å². The quantitative estimate of drug-likeness (QED) is 0.0913. The molecule has 0 saturated carbocycles. The van der Waals surface area contributed by atoms with Crippen LogP contribution in [0.5, 0.6) is 12.0 Å². The zero-order valence-electron chi connectivity index (χ0n) is 46.7. The summed E-state index contributed by atoms with van der Waals surface area (Å²) in [7, 11) is 0. The molecule has 414 valence electrons. The number of ketones is 1. The minimum Gasteiger partial charge on any atom is -0.465 e. The van der Waals surface area contributed by atoms with E-state index in [1.54, 1.807) is 71.0 Å². The van der Waals surface area contributed by atoms with Gasteiger partial charge in [-0.15, -0.1) is 0 Å².